The third-order valence-corrected chi connectivity index (χ3v) is 5.24. The fourth-order valence-corrected chi connectivity index (χ4v) is 3.83. The smallest absolute Gasteiger partial charge is 0.243 e. The molecular formula is C13H14N2O3S. The molecule has 0 radical (unpaired) electrons. The summed E-state index contributed by atoms with van der Waals surface area (Å²) in [6.45, 7) is 0.550. The van der Waals surface area contributed by atoms with Crippen molar-refractivity contribution in [3.05, 3.63) is 36.7 Å². The summed E-state index contributed by atoms with van der Waals surface area (Å²) in [5.74, 6) is 0. The van der Waals surface area contributed by atoms with E-state index in [0.29, 0.717) is 13.0 Å². The van der Waals surface area contributed by atoms with Crippen LogP contribution in [0.4, 0.5) is 0 Å². The van der Waals surface area contributed by atoms with E-state index in [0.717, 1.165) is 10.8 Å². The average molecular weight is 278 g/mol. The number of rotatable bonds is 2. The lowest BCUT2D eigenvalue weighted by Crippen LogP contribution is -2.29. The molecule has 5 nitrogen and oxygen atoms in total. The van der Waals surface area contributed by atoms with Gasteiger partial charge in [-0.05, 0) is 30.0 Å². The molecule has 1 unspecified atom stereocenters. The third-order valence-electron chi connectivity index (χ3n) is 3.38. The zero-order chi connectivity index (χ0) is 13.5. The van der Waals surface area contributed by atoms with Gasteiger partial charge in [0.15, 0.2) is 0 Å². The molecule has 1 aromatic heterocycles. The van der Waals surface area contributed by atoms with E-state index in [1.54, 1.807) is 36.7 Å². The van der Waals surface area contributed by atoms with E-state index < -0.39 is 16.1 Å². The molecule has 1 aromatic carbocycles. The van der Waals surface area contributed by atoms with Crippen molar-refractivity contribution in [2.24, 2.45) is 0 Å². The van der Waals surface area contributed by atoms with Crippen LogP contribution < -0.4 is 0 Å². The Balaban J connectivity index is 2.03. The van der Waals surface area contributed by atoms with Crippen molar-refractivity contribution < 1.29 is 13.5 Å². The summed E-state index contributed by atoms with van der Waals surface area (Å²) in [6, 6.07) is 6.77. The Labute approximate surface area is 111 Å². The first-order valence-electron chi connectivity index (χ1n) is 6.09. The van der Waals surface area contributed by atoms with Gasteiger partial charge >= 0.3 is 0 Å². The molecule has 0 aliphatic carbocycles. The number of hydrogen-bond donors (Lipinski definition) is 1. The van der Waals surface area contributed by atoms with Gasteiger partial charge in [-0.3, -0.25) is 4.98 Å². The Morgan fingerprint density at radius 1 is 1.26 bits per heavy atom. The molecule has 1 N–H and O–H groups in total. The second-order valence-electron chi connectivity index (χ2n) is 4.69. The van der Waals surface area contributed by atoms with Gasteiger partial charge in [-0.1, -0.05) is 6.07 Å². The molecule has 2 aromatic rings. The number of aromatic nitrogens is 1. The van der Waals surface area contributed by atoms with Crippen LogP contribution in [-0.4, -0.2) is 42.0 Å². The topological polar surface area (TPSA) is 70.5 Å². The molecule has 0 amide bonds. The van der Waals surface area contributed by atoms with Gasteiger partial charge in [0.2, 0.25) is 10.0 Å². The minimum Gasteiger partial charge on any atom is -0.392 e. The Kier molecular flexibility index (Phi) is 3.00. The van der Waals surface area contributed by atoms with Crippen molar-refractivity contribution in [3.8, 4) is 0 Å². The van der Waals surface area contributed by atoms with E-state index >= 15 is 0 Å². The SMILES string of the molecule is O=S(=O)(c1ccc2cnccc2c1)N1CCC(O)C1. The van der Waals surface area contributed by atoms with Gasteiger partial charge in [0.25, 0.3) is 0 Å². The van der Waals surface area contributed by atoms with Crippen LogP contribution in [-0.2, 0) is 10.0 Å². The highest BCUT2D eigenvalue weighted by Gasteiger charge is 2.31. The summed E-state index contributed by atoms with van der Waals surface area (Å²) in [7, 11) is -3.51. The van der Waals surface area contributed by atoms with Gasteiger partial charge in [-0.25, -0.2) is 8.42 Å². The standard InChI is InChI=1S/C13H14N2O3S/c16-12-4-6-15(9-12)19(17,18)13-2-1-11-8-14-5-3-10(11)7-13/h1-3,5,7-8,12,16H,4,6,9H2. The molecule has 1 aliphatic rings. The summed E-state index contributed by atoms with van der Waals surface area (Å²) < 4.78 is 26.2. The van der Waals surface area contributed by atoms with Crippen LogP contribution >= 0.6 is 0 Å². The number of aliphatic hydroxyl groups is 1. The van der Waals surface area contributed by atoms with Gasteiger partial charge in [0.1, 0.15) is 0 Å². The zero-order valence-electron chi connectivity index (χ0n) is 10.2. The van der Waals surface area contributed by atoms with Crippen LogP contribution in [0.15, 0.2) is 41.6 Å². The predicted octanol–water partition coefficient (Wildman–Crippen LogP) is 0.990. The minimum absolute atomic E-state index is 0.177. The van der Waals surface area contributed by atoms with Gasteiger partial charge in [0.05, 0.1) is 11.0 Å². The van der Waals surface area contributed by atoms with Gasteiger partial charge in [-0.15, -0.1) is 0 Å². The number of hydrogen-bond acceptors (Lipinski definition) is 4. The van der Waals surface area contributed by atoms with Gasteiger partial charge < -0.3 is 5.11 Å². The molecule has 0 bridgehead atoms. The van der Waals surface area contributed by atoms with Crippen LogP contribution in [0.5, 0.6) is 0 Å². The molecule has 0 saturated carbocycles. The number of aliphatic hydroxyl groups excluding tert-OH is 1. The van der Waals surface area contributed by atoms with Crippen molar-refractivity contribution in [1.29, 1.82) is 0 Å². The van der Waals surface area contributed by atoms with E-state index in [1.807, 2.05) is 0 Å². The fourth-order valence-electron chi connectivity index (χ4n) is 2.30. The van der Waals surface area contributed by atoms with E-state index in [4.69, 9.17) is 0 Å². The monoisotopic (exact) mass is 278 g/mol. The van der Waals surface area contributed by atoms with Crippen LogP contribution in [0.25, 0.3) is 10.8 Å². The number of β-amino-alcohol motifs (C(OH)–C–C–N with tert-alkyl or cyclic N) is 1. The highest BCUT2D eigenvalue weighted by atomic mass is 32.2. The lowest BCUT2D eigenvalue weighted by Gasteiger charge is -2.16. The summed E-state index contributed by atoms with van der Waals surface area (Å²) in [5, 5.41) is 11.2. The molecular weight excluding hydrogens is 264 g/mol. The Hall–Kier alpha value is -1.50. The van der Waals surface area contributed by atoms with Crippen molar-refractivity contribution in [2.75, 3.05) is 13.1 Å². The first-order chi connectivity index (χ1) is 9.07. The number of pyridine rings is 1. The summed E-state index contributed by atoms with van der Waals surface area (Å²) in [4.78, 5) is 4.26. The normalized spacial score (nSPS) is 21.0. The highest BCUT2D eigenvalue weighted by Crippen LogP contribution is 2.24. The lowest BCUT2D eigenvalue weighted by molar-refractivity contribution is 0.189. The second kappa shape index (κ2) is 4.56. The molecule has 0 spiro atoms. The zero-order valence-corrected chi connectivity index (χ0v) is 11.0. The predicted molar refractivity (Wildman–Crippen MR) is 71.1 cm³/mol. The molecule has 1 atom stereocenters. The number of fused-ring (bicyclic) bond motifs is 1. The van der Waals surface area contributed by atoms with Gasteiger partial charge in [-0.2, -0.15) is 4.31 Å². The van der Waals surface area contributed by atoms with Crippen LogP contribution in [0.3, 0.4) is 0 Å². The van der Waals surface area contributed by atoms with Crippen LogP contribution in [0, 0.1) is 0 Å². The summed E-state index contributed by atoms with van der Waals surface area (Å²) in [6.07, 6.45) is 3.28. The third kappa shape index (κ3) is 2.22. The number of sulfonamides is 1. The van der Waals surface area contributed by atoms with E-state index in [-0.39, 0.29) is 11.4 Å². The minimum atomic E-state index is -3.51. The van der Waals surface area contributed by atoms with Crippen molar-refractivity contribution >= 4 is 20.8 Å². The summed E-state index contributed by atoms with van der Waals surface area (Å²) in [5.41, 5.74) is 0. The largest absolute Gasteiger partial charge is 0.392 e. The Morgan fingerprint density at radius 2 is 2.11 bits per heavy atom. The van der Waals surface area contributed by atoms with Crippen LogP contribution in [0.1, 0.15) is 6.42 Å². The molecule has 1 fully saturated rings. The molecule has 100 valence electrons. The lowest BCUT2D eigenvalue weighted by atomic mass is 10.2. The van der Waals surface area contributed by atoms with Crippen molar-refractivity contribution in [1.82, 2.24) is 9.29 Å². The Bertz CT molecular complexity index is 715. The second-order valence-corrected chi connectivity index (χ2v) is 6.63. The van der Waals surface area contributed by atoms with Crippen molar-refractivity contribution in [3.63, 3.8) is 0 Å². The quantitative estimate of drug-likeness (QED) is 0.889. The van der Waals surface area contributed by atoms with Gasteiger partial charge in [0, 0.05) is 30.9 Å². The van der Waals surface area contributed by atoms with E-state index in [2.05, 4.69) is 4.98 Å². The molecule has 1 aliphatic heterocycles. The van der Waals surface area contributed by atoms with Crippen LogP contribution in [0.2, 0.25) is 0 Å². The first-order valence-corrected chi connectivity index (χ1v) is 7.53. The molecule has 19 heavy (non-hydrogen) atoms. The van der Waals surface area contributed by atoms with E-state index in [9.17, 15) is 13.5 Å². The number of benzene rings is 1. The maximum atomic E-state index is 12.4. The molecule has 3 rings (SSSR count). The van der Waals surface area contributed by atoms with E-state index in [1.165, 1.54) is 4.31 Å². The molecule has 2 heterocycles. The first kappa shape index (κ1) is 12.5. The fraction of sp³-hybridized carbons (Fsp3) is 0.308. The summed E-state index contributed by atoms with van der Waals surface area (Å²) >= 11 is 0. The average Bonchev–Trinajstić information content (AvgIpc) is 2.85. The van der Waals surface area contributed by atoms with Crippen molar-refractivity contribution in [2.45, 2.75) is 17.4 Å². The molecule has 1 saturated heterocycles. The maximum absolute atomic E-state index is 12.4. The molecule has 6 heteroatoms. The highest BCUT2D eigenvalue weighted by molar-refractivity contribution is 7.89. The Morgan fingerprint density at radius 3 is 2.84 bits per heavy atom. The number of nitrogens with zero attached hydrogens (tertiary/aromatic N) is 2. The maximum Gasteiger partial charge on any atom is 0.243 e.